The molecule has 0 bridgehead atoms. The number of nitrogens with zero attached hydrogens (tertiary/aromatic N) is 1. The van der Waals surface area contributed by atoms with Gasteiger partial charge in [0, 0.05) is 11.8 Å². The predicted octanol–water partition coefficient (Wildman–Crippen LogP) is 2.88. The molecule has 1 aliphatic rings. The number of aromatic nitrogens is 1. The van der Waals surface area contributed by atoms with E-state index in [0.29, 0.717) is 16.8 Å². The number of hydrogen-bond donors (Lipinski definition) is 1. The van der Waals surface area contributed by atoms with Crippen molar-refractivity contribution in [1.82, 2.24) is 4.98 Å². The van der Waals surface area contributed by atoms with Crippen LogP contribution >= 0.6 is 27.3 Å². The van der Waals surface area contributed by atoms with E-state index in [1.807, 2.05) is 0 Å². The molecule has 0 amide bonds. The Morgan fingerprint density at radius 1 is 1.71 bits per heavy atom. The van der Waals surface area contributed by atoms with Crippen LogP contribution in [0.4, 0.5) is 0 Å². The van der Waals surface area contributed by atoms with Gasteiger partial charge in [-0.3, -0.25) is 0 Å². The summed E-state index contributed by atoms with van der Waals surface area (Å²) in [6, 6.07) is 0. The first-order valence-corrected chi connectivity index (χ1v) is 6.74. The third-order valence-corrected chi connectivity index (χ3v) is 5.64. The summed E-state index contributed by atoms with van der Waals surface area (Å²) in [5.41, 5.74) is 7.09. The normalized spacial score (nSPS) is 20.8. The Kier molecular flexibility index (Phi) is 2.96. The zero-order valence-corrected chi connectivity index (χ0v) is 10.7. The van der Waals surface area contributed by atoms with Crippen LogP contribution in [0.15, 0.2) is 5.38 Å². The van der Waals surface area contributed by atoms with Crippen molar-refractivity contribution in [1.29, 1.82) is 0 Å². The van der Waals surface area contributed by atoms with Crippen molar-refractivity contribution in [3.05, 3.63) is 16.1 Å². The number of rotatable bonds is 4. The van der Waals surface area contributed by atoms with Gasteiger partial charge in [0.1, 0.15) is 5.01 Å². The highest BCUT2D eigenvalue weighted by Gasteiger charge is 2.45. The first-order chi connectivity index (χ1) is 6.65. The van der Waals surface area contributed by atoms with Gasteiger partial charge in [0.05, 0.1) is 10.5 Å². The van der Waals surface area contributed by atoms with Gasteiger partial charge in [0.25, 0.3) is 0 Å². The molecule has 0 saturated heterocycles. The van der Waals surface area contributed by atoms with Gasteiger partial charge in [0.15, 0.2) is 0 Å². The molecule has 14 heavy (non-hydrogen) atoms. The number of halogens is 1. The summed E-state index contributed by atoms with van der Waals surface area (Å²) in [7, 11) is 0. The van der Waals surface area contributed by atoms with E-state index in [2.05, 4.69) is 33.2 Å². The van der Waals surface area contributed by atoms with E-state index in [-0.39, 0.29) is 0 Å². The van der Waals surface area contributed by atoms with E-state index in [0.717, 1.165) is 12.1 Å². The van der Waals surface area contributed by atoms with Crippen molar-refractivity contribution in [2.75, 3.05) is 6.54 Å². The number of nitrogens with two attached hydrogens (primary N) is 1. The summed E-state index contributed by atoms with van der Waals surface area (Å²) in [5.74, 6) is 0. The van der Waals surface area contributed by atoms with Crippen LogP contribution in [0.25, 0.3) is 0 Å². The molecule has 78 valence electrons. The van der Waals surface area contributed by atoms with Crippen molar-refractivity contribution in [3.8, 4) is 0 Å². The van der Waals surface area contributed by atoms with E-state index in [4.69, 9.17) is 5.73 Å². The van der Waals surface area contributed by atoms with Crippen LogP contribution in [0.3, 0.4) is 0 Å². The lowest BCUT2D eigenvalue weighted by molar-refractivity contribution is 0.562. The zero-order chi connectivity index (χ0) is 10.2. The van der Waals surface area contributed by atoms with Crippen LogP contribution in [-0.2, 0) is 6.42 Å². The standard InChI is InChI=1S/C10H15BrN2S/c1-10(3-4-10)8(11)9-13-7(2-5-12)6-14-9/h6,8H,2-5,12H2,1H3. The molecule has 1 aromatic rings. The minimum absolute atomic E-state index is 0.437. The maximum atomic E-state index is 5.50. The van der Waals surface area contributed by atoms with Crippen LogP contribution < -0.4 is 5.73 Å². The van der Waals surface area contributed by atoms with Crippen molar-refractivity contribution in [2.45, 2.75) is 31.0 Å². The molecule has 0 aromatic carbocycles. The SMILES string of the molecule is CC1(C(Br)c2nc(CCN)cs2)CC1. The highest BCUT2D eigenvalue weighted by atomic mass is 79.9. The highest BCUT2D eigenvalue weighted by Crippen LogP contribution is 2.58. The van der Waals surface area contributed by atoms with E-state index in [1.54, 1.807) is 11.3 Å². The molecule has 1 atom stereocenters. The quantitative estimate of drug-likeness (QED) is 0.858. The molecule has 2 N–H and O–H groups in total. The maximum absolute atomic E-state index is 5.50. The molecule has 1 saturated carbocycles. The van der Waals surface area contributed by atoms with Crippen LogP contribution in [0.2, 0.25) is 0 Å². The third kappa shape index (κ3) is 2.02. The molecule has 1 aliphatic carbocycles. The fraction of sp³-hybridized carbons (Fsp3) is 0.700. The Bertz CT molecular complexity index is 320. The first kappa shape index (κ1) is 10.6. The Morgan fingerprint density at radius 2 is 2.43 bits per heavy atom. The predicted molar refractivity (Wildman–Crippen MR) is 63.9 cm³/mol. The third-order valence-electron chi connectivity index (χ3n) is 2.84. The van der Waals surface area contributed by atoms with E-state index < -0.39 is 0 Å². The molecule has 2 rings (SSSR count). The summed E-state index contributed by atoms with van der Waals surface area (Å²) in [6.45, 7) is 3.00. The van der Waals surface area contributed by atoms with Gasteiger partial charge < -0.3 is 5.73 Å². The summed E-state index contributed by atoms with van der Waals surface area (Å²) in [4.78, 5) is 5.03. The molecule has 0 radical (unpaired) electrons. The molecule has 2 nitrogen and oxygen atoms in total. The van der Waals surface area contributed by atoms with Gasteiger partial charge in [-0.2, -0.15) is 0 Å². The molecular weight excluding hydrogens is 260 g/mol. The Labute approximate surface area is 97.0 Å². The van der Waals surface area contributed by atoms with Gasteiger partial charge in [0.2, 0.25) is 0 Å². The van der Waals surface area contributed by atoms with E-state index in [1.165, 1.54) is 17.8 Å². The summed E-state index contributed by atoms with van der Waals surface area (Å²) in [5, 5.41) is 3.34. The van der Waals surface area contributed by atoms with Crippen molar-refractivity contribution >= 4 is 27.3 Å². The summed E-state index contributed by atoms with van der Waals surface area (Å²) in [6.07, 6.45) is 3.52. The fourth-order valence-electron chi connectivity index (χ4n) is 1.45. The second-order valence-corrected chi connectivity index (χ2v) is 6.04. The van der Waals surface area contributed by atoms with Crippen molar-refractivity contribution in [2.24, 2.45) is 11.1 Å². The molecule has 1 unspecified atom stereocenters. The van der Waals surface area contributed by atoms with Crippen LogP contribution in [0, 0.1) is 5.41 Å². The monoisotopic (exact) mass is 274 g/mol. The molecule has 1 fully saturated rings. The largest absolute Gasteiger partial charge is 0.330 e. The first-order valence-electron chi connectivity index (χ1n) is 4.94. The highest BCUT2D eigenvalue weighted by molar-refractivity contribution is 9.09. The number of thiazole rings is 1. The lowest BCUT2D eigenvalue weighted by atomic mass is 10.1. The summed E-state index contributed by atoms with van der Waals surface area (Å²) < 4.78 is 0. The second-order valence-electron chi connectivity index (χ2n) is 4.23. The van der Waals surface area contributed by atoms with Crippen LogP contribution in [-0.4, -0.2) is 11.5 Å². The smallest absolute Gasteiger partial charge is 0.107 e. The number of alkyl halides is 1. The van der Waals surface area contributed by atoms with Crippen LogP contribution in [0.1, 0.15) is 35.3 Å². The summed E-state index contributed by atoms with van der Waals surface area (Å²) >= 11 is 5.50. The molecule has 4 heteroatoms. The Morgan fingerprint density at radius 3 is 3.00 bits per heavy atom. The van der Waals surface area contributed by atoms with Crippen molar-refractivity contribution < 1.29 is 0 Å². The van der Waals surface area contributed by atoms with E-state index >= 15 is 0 Å². The minimum Gasteiger partial charge on any atom is -0.330 e. The average Bonchev–Trinajstić information content (AvgIpc) is 2.76. The second kappa shape index (κ2) is 3.91. The average molecular weight is 275 g/mol. The van der Waals surface area contributed by atoms with E-state index in [9.17, 15) is 0 Å². The molecule has 1 aromatic heterocycles. The zero-order valence-electron chi connectivity index (χ0n) is 8.29. The topological polar surface area (TPSA) is 38.9 Å². The molecule has 0 spiro atoms. The van der Waals surface area contributed by atoms with Crippen LogP contribution in [0.5, 0.6) is 0 Å². The van der Waals surface area contributed by atoms with Gasteiger partial charge in [-0.25, -0.2) is 4.98 Å². The van der Waals surface area contributed by atoms with Gasteiger partial charge in [-0.1, -0.05) is 22.9 Å². The van der Waals surface area contributed by atoms with Crippen molar-refractivity contribution in [3.63, 3.8) is 0 Å². The molecule has 1 heterocycles. The number of hydrogen-bond acceptors (Lipinski definition) is 3. The fourth-order valence-corrected chi connectivity index (χ4v) is 3.34. The molecular formula is C10H15BrN2S. The maximum Gasteiger partial charge on any atom is 0.107 e. The molecule has 0 aliphatic heterocycles. The Hall–Kier alpha value is 0.0700. The lowest BCUT2D eigenvalue weighted by Crippen LogP contribution is -2.05. The Balaban J connectivity index is 2.08. The van der Waals surface area contributed by atoms with Gasteiger partial charge >= 0.3 is 0 Å². The van der Waals surface area contributed by atoms with Gasteiger partial charge in [-0.05, 0) is 24.8 Å². The minimum atomic E-state index is 0.437. The lowest BCUT2D eigenvalue weighted by Gasteiger charge is -2.13. The van der Waals surface area contributed by atoms with Gasteiger partial charge in [-0.15, -0.1) is 11.3 Å².